The molecule has 0 spiro atoms. The van der Waals surface area contributed by atoms with E-state index in [1.807, 2.05) is 12.1 Å². The van der Waals surface area contributed by atoms with Crippen LogP contribution in [0.5, 0.6) is 0 Å². The molecule has 0 saturated carbocycles. The molecule has 2 aromatic rings. The van der Waals surface area contributed by atoms with E-state index in [-0.39, 0.29) is 16.8 Å². The van der Waals surface area contributed by atoms with Gasteiger partial charge >= 0.3 is 5.97 Å². The number of hydrogen-bond acceptors (Lipinski definition) is 2. The Hall–Kier alpha value is -2.35. The first-order chi connectivity index (χ1) is 12.2. The number of fused-ring (bicyclic) bond motifs is 1. The van der Waals surface area contributed by atoms with Crippen LogP contribution in [0.3, 0.4) is 0 Å². The summed E-state index contributed by atoms with van der Waals surface area (Å²) in [6, 6.07) is 14.3. The van der Waals surface area contributed by atoms with Crippen molar-refractivity contribution in [1.82, 2.24) is 0 Å². The van der Waals surface area contributed by atoms with Crippen LogP contribution in [-0.4, -0.2) is 13.1 Å². The maximum Gasteiger partial charge on any atom is 0.337 e. The highest BCUT2D eigenvalue weighted by Gasteiger charge is 2.36. The summed E-state index contributed by atoms with van der Waals surface area (Å²) in [5, 5.41) is 0. The van der Waals surface area contributed by atoms with E-state index < -0.39 is 0 Å². The lowest BCUT2D eigenvalue weighted by Gasteiger charge is -2.42. The second-order valence-electron chi connectivity index (χ2n) is 8.52. The number of ether oxygens (including phenoxy) is 1. The summed E-state index contributed by atoms with van der Waals surface area (Å²) in [4.78, 5) is 11.5. The molecular weight excluding hydrogens is 320 g/mol. The predicted octanol–water partition coefficient (Wildman–Crippen LogP) is 5.99. The van der Waals surface area contributed by atoms with Crippen molar-refractivity contribution in [3.05, 3.63) is 70.3 Å². The number of carbonyl (C=O) groups is 1. The fourth-order valence-corrected chi connectivity index (χ4v) is 3.75. The molecule has 0 unspecified atom stereocenters. The van der Waals surface area contributed by atoms with Gasteiger partial charge in [0.2, 0.25) is 0 Å². The molecule has 136 valence electrons. The van der Waals surface area contributed by atoms with Crippen LogP contribution in [0.15, 0.2) is 42.5 Å². The van der Waals surface area contributed by atoms with E-state index in [2.05, 4.69) is 58.0 Å². The minimum atomic E-state index is -0.305. The third-order valence-corrected chi connectivity index (χ3v) is 5.68. The van der Waals surface area contributed by atoms with Crippen molar-refractivity contribution in [2.75, 3.05) is 7.11 Å². The smallest absolute Gasteiger partial charge is 0.337 e. The average molecular weight is 348 g/mol. The zero-order valence-electron chi connectivity index (χ0n) is 16.4. The van der Waals surface area contributed by atoms with Crippen molar-refractivity contribution in [3.63, 3.8) is 0 Å². The molecule has 0 bridgehead atoms. The second kappa shape index (κ2) is 6.75. The van der Waals surface area contributed by atoms with Crippen molar-refractivity contribution in [2.24, 2.45) is 0 Å². The third kappa shape index (κ3) is 3.60. The Balaban J connectivity index is 1.87. The van der Waals surface area contributed by atoms with Gasteiger partial charge in [-0.3, -0.25) is 0 Å². The van der Waals surface area contributed by atoms with Gasteiger partial charge in [-0.2, -0.15) is 0 Å². The Bertz CT molecular complexity index is 839. The largest absolute Gasteiger partial charge is 0.465 e. The van der Waals surface area contributed by atoms with Gasteiger partial charge in [-0.05, 0) is 58.1 Å². The Morgan fingerprint density at radius 1 is 0.846 bits per heavy atom. The summed E-state index contributed by atoms with van der Waals surface area (Å²) in [5.41, 5.74) is 6.27. The number of hydrogen-bond donors (Lipinski definition) is 0. The van der Waals surface area contributed by atoms with Crippen molar-refractivity contribution >= 4 is 18.1 Å². The molecule has 0 radical (unpaired) electrons. The van der Waals surface area contributed by atoms with Gasteiger partial charge in [0.15, 0.2) is 0 Å². The predicted molar refractivity (Wildman–Crippen MR) is 108 cm³/mol. The Morgan fingerprint density at radius 3 is 2.00 bits per heavy atom. The monoisotopic (exact) mass is 348 g/mol. The molecule has 0 fully saturated rings. The molecule has 3 rings (SSSR count). The molecule has 1 aliphatic carbocycles. The first-order valence-corrected chi connectivity index (χ1v) is 9.24. The van der Waals surface area contributed by atoms with Crippen molar-refractivity contribution in [3.8, 4) is 0 Å². The van der Waals surface area contributed by atoms with Gasteiger partial charge in [0.25, 0.3) is 0 Å². The van der Waals surface area contributed by atoms with Crippen LogP contribution in [0.25, 0.3) is 12.2 Å². The van der Waals surface area contributed by atoms with Gasteiger partial charge in [0.05, 0.1) is 12.7 Å². The number of methoxy groups -OCH3 is 1. The number of carbonyl (C=O) groups excluding carboxylic acids is 1. The van der Waals surface area contributed by atoms with Crippen LogP contribution in [0.1, 0.15) is 73.1 Å². The first kappa shape index (κ1) is 18.4. The van der Waals surface area contributed by atoms with Crippen molar-refractivity contribution < 1.29 is 9.53 Å². The van der Waals surface area contributed by atoms with Gasteiger partial charge in [-0.15, -0.1) is 0 Å². The van der Waals surface area contributed by atoms with Crippen LogP contribution in [0, 0.1) is 0 Å². The summed E-state index contributed by atoms with van der Waals surface area (Å²) < 4.78 is 4.74. The summed E-state index contributed by atoms with van der Waals surface area (Å²) in [5.74, 6) is -0.305. The van der Waals surface area contributed by atoms with Gasteiger partial charge in [-0.25, -0.2) is 4.79 Å². The zero-order chi connectivity index (χ0) is 18.9. The fourth-order valence-electron chi connectivity index (χ4n) is 3.75. The van der Waals surface area contributed by atoms with Gasteiger partial charge in [-0.1, -0.05) is 70.2 Å². The molecule has 0 amide bonds. The molecule has 0 aromatic heterocycles. The van der Waals surface area contributed by atoms with Crippen LogP contribution in [0.2, 0.25) is 0 Å². The highest BCUT2D eigenvalue weighted by molar-refractivity contribution is 5.89. The second-order valence-corrected chi connectivity index (χ2v) is 8.52. The summed E-state index contributed by atoms with van der Waals surface area (Å²) in [6.07, 6.45) is 6.68. The average Bonchev–Trinajstić information content (AvgIpc) is 2.63. The molecule has 0 saturated heterocycles. The van der Waals surface area contributed by atoms with E-state index in [4.69, 9.17) is 4.74 Å². The number of benzene rings is 2. The minimum Gasteiger partial charge on any atom is -0.465 e. The van der Waals surface area contributed by atoms with Gasteiger partial charge < -0.3 is 4.74 Å². The van der Waals surface area contributed by atoms with E-state index in [0.29, 0.717) is 5.56 Å². The lowest BCUT2D eigenvalue weighted by molar-refractivity contribution is 0.0600. The topological polar surface area (TPSA) is 26.3 Å². The van der Waals surface area contributed by atoms with Gasteiger partial charge in [0.1, 0.15) is 0 Å². The van der Waals surface area contributed by atoms with E-state index in [9.17, 15) is 4.79 Å². The molecule has 1 aliphatic rings. The highest BCUT2D eigenvalue weighted by Crippen LogP contribution is 2.45. The molecule has 0 atom stereocenters. The SMILES string of the molecule is COC(=O)c1ccc(C=Cc2ccc3c(c2)C(C)(C)CCC3(C)C)cc1. The van der Waals surface area contributed by atoms with E-state index >= 15 is 0 Å². The Labute approximate surface area is 156 Å². The Morgan fingerprint density at radius 2 is 1.38 bits per heavy atom. The number of esters is 1. The fraction of sp³-hybridized carbons (Fsp3) is 0.375. The maximum atomic E-state index is 11.5. The molecule has 2 heteroatoms. The van der Waals surface area contributed by atoms with Crippen LogP contribution < -0.4 is 0 Å². The van der Waals surface area contributed by atoms with Crippen molar-refractivity contribution in [1.29, 1.82) is 0 Å². The van der Waals surface area contributed by atoms with Crippen LogP contribution >= 0.6 is 0 Å². The molecule has 2 nitrogen and oxygen atoms in total. The molecule has 0 heterocycles. The highest BCUT2D eigenvalue weighted by atomic mass is 16.5. The molecule has 0 aliphatic heterocycles. The lowest BCUT2D eigenvalue weighted by atomic mass is 9.63. The first-order valence-electron chi connectivity index (χ1n) is 9.24. The molecule has 26 heavy (non-hydrogen) atoms. The molecule has 0 N–H and O–H groups in total. The van der Waals surface area contributed by atoms with Gasteiger partial charge in [0, 0.05) is 0 Å². The van der Waals surface area contributed by atoms with Crippen molar-refractivity contribution in [2.45, 2.75) is 51.4 Å². The minimum absolute atomic E-state index is 0.219. The van der Waals surface area contributed by atoms with E-state index in [1.165, 1.54) is 36.6 Å². The quantitative estimate of drug-likeness (QED) is 0.503. The summed E-state index contributed by atoms with van der Waals surface area (Å²) in [6.45, 7) is 9.39. The standard InChI is InChI=1S/C24H28O2/c1-23(2)14-15-24(3,4)21-16-18(10-13-20(21)23)7-6-17-8-11-19(12-9-17)22(25)26-5/h6-13,16H,14-15H2,1-5H3. The van der Waals surface area contributed by atoms with E-state index in [1.54, 1.807) is 12.1 Å². The maximum absolute atomic E-state index is 11.5. The van der Waals surface area contributed by atoms with E-state index in [0.717, 1.165) is 5.56 Å². The van der Waals surface area contributed by atoms with Crippen LogP contribution in [0.4, 0.5) is 0 Å². The Kier molecular flexibility index (Phi) is 4.79. The zero-order valence-corrected chi connectivity index (χ0v) is 16.4. The number of rotatable bonds is 3. The third-order valence-electron chi connectivity index (χ3n) is 5.68. The summed E-state index contributed by atoms with van der Waals surface area (Å²) >= 11 is 0. The molecular formula is C24H28O2. The van der Waals surface area contributed by atoms with Crippen LogP contribution in [-0.2, 0) is 15.6 Å². The normalized spacial score (nSPS) is 17.7. The molecule has 2 aromatic carbocycles. The summed E-state index contributed by atoms with van der Waals surface area (Å²) in [7, 11) is 1.40. The lowest BCUT2D eigenvalue weighted by Crippen LogP contribution is -2.33.